The molecule has 1 N–H and O–H groups in total. The Morgan fingerprint density at radius 3 is 2.31 bits per heavy atom. The van der Waals surface area contributed by atoms with E-state index in [1.165, 1.54) is 5.56 Å². The molecule has 0 aliphatic heterocycles. The van der Waals surface area contributed by atoms with Crippen molar-refractivity contribution in [2.45, 2.75) is 19.3 Å². The van der Waals surface area contributed by atoms with Crippen LogP contribution in [0.15, 0.2) is 73.8 Å². The lowest BCUT2D eigenvalue weighted by molar-refractivity contribution is -1.09. The van der Waals surface area contributed by atoms with E-state index in [0.29, 0.717) is 23.5 Å². The third kappa shape index (κ3) is 4.84. The molecule has 0 heterocycles. The van der Waals surface area contributed by atoms with Crippen LogP contribution in [-0.2, 0) is 4.84 Å². The molecule has 138 valence electrons. The van der Waals surface area contributed by atoms with Gasteiger partial charge >= 0.3 is 0 Å². The van der Waals surface area contributed by atoms with Crippen molar-refractivity contribution in [1.29, 1.82) is 0 Å². The Bertz CT molecular complexity index is 714. The van der Waals surface area contributed by atoms with Crippen molar-refractivity contribution in [3.8, 4) is 5.75 Å². The maximum absolute atomic E-state index is 10.5. The van der Waals surface area contributed by atoms with Crippen LogP contribution >= 0.6 is 0 Å². The molecule has 0 bridgehead atoms. The van der Waals surface area contributed by atoms with Crippen molar-refractivity contribution in [3.63, 3.8) is 0 Å². The smallest absolute Gasteiger partial charge is 0.127 e. The molecular formula is C23H30NO2+. The number of hydrogen-bond acceptors (Lipinski definition) is 2. The second-order valence-corrected chi connectivity index (χ2v) is 6.72. The maximum Gasteiger partial charge on any atom is 0.127 e. The Balaban J connectivity index is 2.37. The van der Waals surface area contributed by atoms with Gasteiger partial charge in [-0.25, -0.2) is 4.84 Å². The highest BCUT2D eigenvalue weighted by atomic mass is 16.7. The molecule has 0 amide bonds. The van der Waals surface area contributed by atoms with Crippen molar-refractivity contribution in [1.82, 2.24) is 0 Å². The van der Waals surface area contributed by atoms with E-state index in [9.17, 15) is 5.11 Å². The van der Waals surface area contributed by atoms with Gasteiger partial charge in [-0.05, 0) is 30.7 Å². The first kappa shape index (κ1) is 20.0. The average Bonchev–Trinajstić information content (AvgIpc) is 2.65. The van der Waals surface area contributed by atoms with Gasteiger partial charge < -0.3 is 5.11 Å². The summed E-state index contributed by atoms with van der Waals surface area (Å²) < 4.78 is 0.447. The number of phenolic OH excluding ortho intramolecular Hbond substituents is 1. The van der Waals surface area contributed by atoms with Gasteiger partial charge in [0.25, 0.3) is 0 Å². The third-order valence-electron chi connectivity index (χ3n) is 4.90. The number of benzene rings is 2. The fraction of sp³-hybridized carbons (Fsp3) is 0.304. The SMILES string of the molecule is C=CC[N+](CC=C)(CCC(c1ccccc1)c1cc(C)ccc1O)OC. The van der Waals surface area contributed by atoms with Gasteiger partial charge in [0.15, 0.2) is 0 Å². The summed E-state index contributed by atoms with van der Waals surface area (Å²) >= 11 is 0. The Hall–Kier alpha value is -2.36. The van der Waals surface area contributed by atoms with Crippen LogP contribution in [0.2, 0.25) is 0 Å². The fourth-order valence-electron chi connectivity index (χ4n) is 3.47. The molecule has 0 saturated heterocycles. The number of hydrogen-bond donors (Lipinski definition) is 1. The molecule has 2 aromatic rings. The highest BCUT2D eigenvalue weighted by Crippen LogP contribution is 2.35. The molecular weight excluding hydrogens is 322 g/mol. The first-order valence-corrected chi connectivity index (χ1v) is 9.03. The molecule has 0 aromatic heterocycles. The van der Waals surface area contributed by atoms with Gasteiger partial charge in [0.05, 0.1) is 7.11 Å². The number of hydroxylamine groups is 3. The van der Waals surface area contributed by atoms with Gasteiger partial charge in [0, 0.05) is 17.9 Å². The zero-order valence-corrected chi connectivity index (χ0v) is 15.9. The van der Waals surface area contributed by atoms with E-state index in [0.717, 1.165) is 24.1 Å². The summed E-state index contributed by atoms with van der Waals surface area (Å²) in [5.74, 6) is 0.436. The van der Waals surface area contributed by atoms with Crippen molar-refractivity contribution in [2.24, 2.45) is 0 Å². The summed E-state index contributed by atoms with van der Waals surface area (Å²) in [5.41, 5.74) is 3.30. The molecule has 3 nitrogen and oxygen atoms in total. The molecule has 0 radical (unpaired) electrons. The molecule has 0 fully saturated rings. The fourth-order valence-corrected chi connectivity index (χ4v) is 3.47. The summed E-state index contributed by atoms with van der Waals surface area (Å²) in [6.45, 7) is 12.0. The lowest BCUT2D eigenvalue weighted by Gasteiger charge is -2.34. The highest BCUT2D eigenvalue weighted by molar-refractivity contribution is 5.43. The number of nitrogens with zero attached hydrogens (tertiary/aromatic N) is 1. The molecule has 0 aliphatic rings. The standard InChI is InChI=1S/C23H29NO2/c1-5-15-24(26-4,16-6-2)17-14-21(20-10-8-7-9-11-20)22-18-19(3)12-13-23(22)25/h5-13,18,21H,1-2,14-17H2,3-4H3/p+1. The molecule has 1 atom stereocenters. The number of rotatable bonds is 10. The summed E-state index contributed by atoms with van der Waals surface area (Å²) in [5, 5.41) is 10.5. The second-order valence-electron chi connectivity index (χ2n) is 6.72. The minimum Gasteiger partial charge on any atom is -0.508 e. The largest absolute Gasteiger partial charge is 0.508 e. The molecule has 2 rings (SSSR count). The highest BCUT2D eigenvalue weighted by Gasteiger charge is 2.29. The summed E-state index contributed by atoms with van der Waals surface area (Å²) in [6.07, 6.45) is 4.61. The van der Waals surface area contributed by atoms with Gasteiger partial charge in [0.2, 0.25) is 0 Å². The van der Waals surface area contributed by atoms with Crippen LogP contribution in [-0.4, -0.2) is 36.5 Å². The molecule has 0 aliphatic carbocycles. The summed E-state index contributed by atoms with van der Waals surface area (Å²) in [7, 11) is 1.73. The predicted octanol–water partition coefficient (Wildman–Crippen LogP) is 4.97. The van der Waals surface area contributed by atoms with Crippen LogP contribution in [0.3, 0.4) is 0 Å². The van der Waals surface area contributed by atoms with Gasteiger partial charge in [0.1, 0.15) is 25.4 Å². The zero-order chi connectivity index (χ0) is 19.0. The lowest BCUT2D eigenvalue weighted by Crippen LogP contribution is -2.48. The molecule has 1 unspecified atom stereocenters. The van der Waals surface area contributed by atoms with Crippen LogP contribution in [0.4, 0.5) is 0 Å². The molecule has 0 saturated carbocycles. The van der Waals surface area contributed by atoms with Crippen molar-refractivity contribution in [3.05, 3.63) is 90.5 Å². The normalized spacial score (nSPS) is 12.5. The van der Waals surface area contributed by atoms with Crippen LogP contribution < -0.4 is 0 Å². The van der Waals surface area contributed by atoms with E-state index in [-0.39, 0.29) is 5.92 Å². The minimum absolute atomic E-state index is 0.0957. The quantitative estimate of drug-likeness (QED) is 0.371. The van der Waals surface area contributed by atoms with Gasteiger partial charge in [-0.1, -0.05) is 61.2 Å². The predicted molar refractivity (Wildman–Crippen MR) is 108 cm³/mol. The van der Waals surface area contributed by atoms with Crippen LogP contribution in [0, 0.1) is 6.92 Å². The minimum atomic E-state index is 0.0957. The van der Waals surface area contributed by atoms with E-state index < -0.39 is 0 Å². The van der Waals surface area contributed by atoms with Crippen LogP contribution in [0.5, 0.6) is 5.75 Å². The van der Waals surface area contributed by atoms with Crippen LogP contribution in [0.1, 0.15) is 29.0 Å². The summed E-state index contributed by atoms with van der Waals surface area (Å²) in [4.78, 5) is 5.83. The van der Waals surface area contributed by atoms with E-state index in [1.807, 2.05) is 36.4 Å². The monoisotopic (exact) mass is 352 g/mol. The van der Waals surface area contributed by atoms with E-state index >= 15 is 0 Å². The number of phenols is 1. The van der Waals surface area contributed by atoms with E-state index in [1.54, 1.807) is 13.2 Å². The van der Waals surface area contributed by atoms with Crippen molar-refractivity contribution in [2.75, 3.05) is 26.7 Å². The first-order valence-electron chi connectivity index (χ1n) is 9.03. The second kappa shape index (κ2) is 9.37. The maximum atomic E-state index is 10.5. The zero-order valence-electron chi connectivity index (χ0n) is 15.9. The number of aromatic hydroxyl groups is 1. The third-order valence-corrected chi connectivity index (χ3v) is 4.90. The van der Waals surface area contributed by atoms with Gasteiger partial charge in [-0.3, -0.25) is 0 Å². The van der Waals surface area contributed by atoms with Crippen LogP contribution in [0.25, 0.3) is 0 Å². The molecule has 26 heavy (non-hydrogen) atoms. The topological polar surface area (TPSA) is 29.5 Å². The Morgan fingerprint density at radius 2 is 1.73 bits per heavy atom. The Kier molecular flexibility index (Phi) is 7.19. The Labute approximate surface area is 157 Å². The molecule has 3 heteroatoms. The van der Waals surface area contributed by atoms with Crippen molar-refractivity contribution >= 4 is 0 Å². The molecule has 2 aromatic carbocycles. The van der Waals surface area contributed by atoms with Gasteiger partial charge in [-0.15, -0.1) is 0 Å². The van der Waals surface area contributed by atoms with E-state index in [2.05, 4.69) is 38.3 Å². The van der Waals surface area contributed by atoms with E-state index in [4.69, 9.17) is 4.84 Å². The average molecular weight is 352 g/mol. The van der Waals surface area contributed by atoms with Gasteiger partial charge in [-0.2, -0.15) is 4.65 Å². The first-order chi connectivity index (χ1) is 12.5. The molecule has 0 spiro atoms. The lowest BCUT2D eigenvalue weighted by atomic mass is 9.87. The Morgan fingerprint density at radius 1 is 1.08 bits per heavy atom. The number of quaternary nitrogens is 1. The van der Waals surface area contributed by atoms with Crippen molar-refractivity contribution < 1.29 is 14.6 Å². The number of aryl methyl sites for hydroxylation is 1. The summed E-state index contributed by atoms with van der Waals surface area (Å²) in [6, 6.07) is 16.1.